The van der Waals surface area contributed by atoms with Gasteiger partial charge in [-0.3, -0.25) is 4.79 Å². The van der Waals surface area contributed by atoms with E-state index in [0.29, 0.717) is 24.6 Å². The molecule has 130 valence electrons. The second-order valence-electron chi connectivity index (χ2n) is 6.04. The lowest BCUT2D eigenvalue weighted by molar-refractivity contribution is -0.125. The average Bonchev–Trinajstić information content (AvgIpc) is 3.06. The summed E-state index contributed by atoms with van der Waals surface area (Å²) in [5.74, 6) is 1.14. The number of carbonyl (C=O) groups is 1. The van der Waals surface area contributed by atoms with Gasteiger partial charge in [0, 0.05) is 36.1 Å². The highest BCUT2D eigenvalue weighted by molar-refractivity contribution is 5.92. The molecule has 0 fully saturated rings. The molecule has 1 atom stereocenters. The van der Waals surface area contributed by atoms with E-state index in [1.54, 1.807) is 18.5 Å². The molecular weight excluding hydrogens is 316 g/mol. The number of pyridine rings is 1. The van der Waals surface area contributed by atoms with Crippen molar-refractivity contribution in [3.05, 3.63) is 36.8 Å². The molecule has 3 N–H and O–H groups in total. The zero-order chi connectivity index (χ0) is 17.9. The molecule has 0 radical (unpaired) electrons. The molecule has 3 aromatic heterocycles. The van der Waals surface area contributed by atoms with E-state index in [1.165, 1.54) is 0 Å². The van der Waals surface area contributed by atoms with Crippen molar-refractivity contribution in [2.45, 2.75) is 32.7 Å². The van der Waals surface area contributed by atoms with Crippen LogP contribution in [0.15, 0.2) is 36.8 Å². The van der Waals surface area contributed by atoms with Crippen LogP contribution in [0.2, 0.25) is 0 Å². The summed E-state index contributed by atoms with van der Waals surface area (Å²) in [4.78, 5) is 28.7. The summed E-state index contributed by atoms with van der Waals surface area (Å²) < 4.78 is 0. The van der Waals surface area contributed by atoms with E-state index in [-0.39, 0.29) is 5.91 Å². The van der Waals surface area contributed by atoms with Crippen LogP contribution in [0.5, 0.6) is 0 Å². The molecule has 0 aliphatic heterocycles. The number of H-pyrrole nitrogens is 1. The molecule has 7 nitrogen and oxygen atoms in total. The number of nitrogens with zero attached hydrogens (tertiary/aromatic N) is 3. The molecule has 3 aromatic rings. The number of likely N-dealkylation sites (N-methyl/N-ethyl adjacent to an activating group) is 1. The number of hydrogen-bond donors (Lipinski definition) is 3. The Bertz CT molecular complexity index is 890. The summed E-state index contributed by atoms with van der Waals surface area (Å²) in [7, 11) is 0. The zero-order valence-electron chi connectivity index (χ0n) is 14.6. The second-order valence-corrected chi connectivity index (χ2v) is 6.04. The van der Waals surface area contributed by atoms with Crippen LogP contribution in [-0.2, 0) is 4.79 Å². The second kappa shape index (κ2) is 6.88. The predicted octanol–water partition coefficient (Wildman–Crippen LogP) is 2.74. The maximum atomic E-state index is 12.4. The fourth-order valence-corrected chi connectivity index (χ4v) is 2.64. The van der Waals surface area contributed by atoms with Gasteiger partial charge in [0.05, 0.1) is 0 Å². The van der Waals surface area contributed by atoms with Crippen molar-refractivity contribution in [1.29, 1.82) is 0 Å². The predicted molar refractivity (Wildman–Crippen MR) is 98.1 cm³/mol. The van der Waals surface area contributed by atoms with Crippen molar-refractivity contribution in [2.75, 3.05) is 11.9 Å². The number of carbonyl (C=O) groups excluding carboxylic acids is 1. The lowest BCUT2D eigenvalue weighted by atomic mass is 9.97. The lowest BCUT2D eigenvalue weighted by Gasteiger charge is -2.28. The third-order valence-electron chi connectivity index (χ3n) is 4.30. The summed E-state index contributed by atoms with van der Waals surface area (Å²) >= 11 is 0. The van der Waals surface area contributed by atoms with Crippen molar-refractivity contribution in [3.8, 4) is 11.4 Å². The van der Waals surface area contributed by atoms with Crippen molar-refractivity contribution in [2.24, 2.45) is 0 Å². The molecule has 0 unspecified atom stereocenters. The van der Waals surface area contributed by atoms with E-state index in [4.69, 9.17) is 0 Å². The number of anilines is 1. The maximum absolute atomic E-state index is 12.4. The molecular formula is C18H22N6O. The fraction of sp³-hybridized carbons (Fsp3) is 0.333. The van der Waals surface area contributed by atoms with E-state index in [2.05, 4.69) is 30.6 Å². The number of fused-ring (bicyclic) bond motifs is 1. The average molecular weight is 338 g/mol. The highest BCUT2D eigenvalue weighted by Crippen LogP contribution is 2.26. The van der Waals surface area contributed by atoms with Gasteiger partial charge in [-0.05, 0) is 38.5 Å². The minimum atomic E-state index is -0.733. The monoisotopic (exact) mass is 338 g/mol. The van der Waals surface area contributed by atoms with Gasteiger partial charge in [-0.1, -0.05) is 6.92 Å². The van der Waals surface area contributed by atoms with E-state index < -0.39 is 5.54 Å². The smallest absolute Gasteiger partial charge is 0.245 e. The molecule has 7 heteroatoms. The van der Waals surface area contributed by atoms with E-state index in [9.17, 15) is 4.79 Å². The summed E-state index contributed by atoms with van der Waals surface area (Å²) in [6, 6.07) is 5.62. The van der Waals surface area contributed by atoms with Crippen molar-refractivity contribution < 1.29 is 4.79 Å². The summed E-state index contributed by atoms with van der Waals surface area (Å²) in [6.45, 7) is 6.33. The van der Waals surface area contributed by atoms with Gasteiger partial charge in [-0.2, -0.15) is 0 Å². The maximum Gasteiger partial charge on any atom is 0.245 e. The molecule has 3 heterocycles. The first-order valence-corrected chi connectivity index (χ1v) is 8.39. The van der Waals surface area contributed by atoms with Crippen LogP contribution >= 0.6 is 0 Å². The largest absolute Gasteiger partial charge is 0.356 e. The van der Waals surface area contributed by atoms with Crippen LogP contribution in [-0.4, -0.2) is 37.9 Å². The molecule has 3 rings (SSSR count). The molecule has 0 spiro atoms. The van der Waals surface area contributed by atoms with Gasteiger partial charge >= 0.3 is 0 Å². The Morgan fingerprint density at radius 2 is 2.08 bits per heavy atom. The third-order valence-corrected chi connectivity index (χ3v) is 4.30. The number of amides is 1. The van der Waals surface area contributed by atoms with Gasteiger partial charge < -0.3 is 15.6 Å². The minimum Gasteiger partial charge on any atom is -0.356 e. The lowest BCUT2D eigenvalue weighted by Crippen LogP contribution is -2.50. The minimum absolute atomic E-state index is 0.0473. The SMILES string of the molecule is CCNC(=O)[C@@](C)(CC)Nc1ccnc(-c2c[nH]c3ncccc23)n1. The Hall–Kier alpha value is -2.96. The Kier molecular flexibility index (Phi) is 4.65. The quantitative estimate of drug-likeness (QED) is 0.642. The third kappa shape index (κ3) is 3.31. The molecule has 0 saturated heterocycles. The number of rotatable bonds is 6. The van der Waals surface area contributed by atoms with E-state index in [0.717, 1.165) is 16.6 Å². The molecule has 25 heavy (non-hydrogen) atoms. The number of aromatic nitrogens is 4. The van der Waals surface area contributed by atoms with E-state index >= 15 is 0 Å². The molecule has 0 aromatic carbocycles. The number of nitrogens with one attached hydrogen (secondary N) is 3. The van der Waals surface area contributed by atoms with Gasteiger partial charge in [0.15, 0.2) is 5.82 Å². The Balaban J connectivity index is 1.93. The van der Waals surface area contributed by atoms with Crippen LogP contribution in [0.25, 0.3) is 22.4 Å². The first-order valence-electron chi connectivity index (χ1n) is 8.39. The molecule has 0 bridgehead atoms. The van der Waals surface area contributed by atoms with Crippen LogP contribution in [0.3, 0.4) is 0 Å². The van der Waals surface area contributed by atoms with Crippen LogP contribution in [0.1, 0.15) is 27.2 Å². The van der Waals surface area contributed by atoms with E-state index in [1.807, 2.05) is 39.1 Å². The first kappa shape index (κ1) is 16.9. The number of aromatic amines is 1. The normalized spacial score (nSPS) is 13.4. The van der Waals surface area contributed by atoms with Gasteiger partial charge in [0.25, 0.3) is 0 Å². The van der Waals surface area contributed by atoms with Crippen molar-refractivity contribution in [3.63, 3.8) is 0 Å². The Morgan fingerprint density at radius 3 is 2.84 bits per heavy atom. The summed E-state index contributed by atoms with van der Waals surface area (Å²) in [6.07, 6.45) is 5.91. The number of hydrogen-bond acceptors (Lipinski definition) is 5. The van der Waals surface area contributed by atoms with Crippen LogP contribution in [0.4, 0.5) is 5.82 Å². The van der Waals surface area contributed by atoms with Crippen LogP contribution < -0.4 is 10.6 Å². The Labute approximate surface area is 146 Å². The molecule has 1 amide bonds. The standard InChI is InChI=1S/C18H22N6O/c1-4-18(3,17(25)19-5-2)24-14-8-10-21-16(23-14)13-11-22-15-12(13)7-6-9-20-15/h6-11H,4-5H2,1-3H3,(H,19,25)(H,20,22)(H,21,23,24)/t18-/m1/s1. The highest BCUT2D eigenvalue weighted by atomic mass is 16.2. The summed E-state index contributed by atoms with van der Waals surface area (Å²) in [5.41, 5.74) is 0.937. The highest BCUT2D eigenvalue weighted by Gasteiger charge is 2.31. The van der Waals surface area contributed by atoms with Crippen molar-refractivity contribution >= 4 is 22.8 Å². The zero-order valence-corrected chi connectivity index (χ0v) is 14.6. The van der Waals surface area contributed by atoms with Crippen molar-refractivity contribution in [1.82, 2.24) is 25.3 Å². The van der Waals surface area contributed by atoms with Gasteiger partial charge in [-0.15, -0.1) is 0 Å². The topological polar surface area (TPSA) is 95.6 Å². The summed E-state index contributed by atoms with van der Waals surface area (Å²) in [5, 5.41) is 7.08. The fourth-order valence-electron chi connectivity index (χ4n) is 2.64. The molecule has 0 saturated carbocycles. The molecule has 0 aliphatic rings. The molecule has 0 aliphatic carbocycles. The van der Waals surface area contributed by atoms with Crippen LogP contribution in [0, 0.1) is 0 Å². The van der Waals surface area contributed by atoms with Gasteiger partial charge in [0.1, 0.15) is 17.0 Å². The van der Waals surface area contributed by atoms with Gasteiger partial charge in [-0.25, -0.2) is 15.0 Å². The Morgan fingerprint density at radius 1 is 1.24 bits per heavy atom. The van der Waals surface area contributed by atoms with Gasteiger partial charge in [0.2, 0.25) is 5.91 Å². The first-order chi connectivity index (χ1) is 12.1.